The van der Waals surface area contributed by atoms with Gasteiger partial charge in [0.05, 0.1) is 23.8 Å². The van der Waals surface area contributed by atoms with Gasteiger partial charge in [0.15, 0.2) is 6.73 Å². The van der Waals surface area contributed by atoms with Gasteiger partial charge in [-0.15, -0.1) is 0 Å². The number of aliphatic hydroxyl groups excluding tert-OH is 1. The molecule has 0 bridgehead atoms. The number of nitrogens with zero attached hydrogens (tertiary/aromatic N) is 3. The lowest BCUT2D eigenvalue weighted by Gasteiger charge is -2.29. The molecular weight excluding hydrogens is 304 g/mol. The maximum atomic E-state index is 12.1. The number of hydrogen-bond acceptors (Lipinski definition) is 8. The van der Waals surface area contributed by atoms with Gasteiger partial charge in [-0.05, 0) is 30.3 Å². The Bertz CT molecular complexity index is 576. The topological polar surface area (TPSA) is 106 Å². The van der Waals surface area contributed by atoms with Crippen LogP contribution in [-0.4, -0.2) is 63.2 Å². The van der Waals surface area contributed by atoms with Crippen LogP contribution < -0.4 is 5.59 Å². The Hall–Kier alpha value is -1.88. The predicted octanol–water partition coefficient (Wildman–Crippen LogP) is -0.261. The van der Waals surface area contributed by atoms with Gasteiger partial charge < -0.3 is 5.11 Å². The number of aliphatic hydroxyl groups is 1. The molecule has 2 amide bonds. The summed E-state index contributed by atoms with van der Waals surface area (Å²) in [5.41, 5.74) is 2.91. The van der Waals surface area contributed by atoms with Crippen LogP contribution >= 0.6 is 0 Å². The van der Waals surface area contributed by atoms with Crippen molar-refractivity contribution in [3.05, 3.63) is 35.4 Å². The Morgan fingerprint density at radius 1 is 1.26 bits per heavy atom. The minimum atomic E-state index is -0.439. The van der Waals surface area contributed by atoms with Gasteiger partial charge in [0.25, 0.3) is 11.8 Å². The maximum absolute atomic E-state index is 12.1. The lowest BCUT2D eigenvalue weighted by atomic mass is 10.1. The first-order valence-corrected chi connectivity index (χ1v) is 7.32. The largest absolute Gasteiger partial charge is 0.395 e. The van der Waals surface area contributed by atoms with E-state index in [2.05, 4.69) is 5.59 Å². The Labute approximate surface area is 132 Å². The first kappa shape index (κ1) is 16.0. The number of carbonyl (C=O) groups is 2. The highest BCUT2D eigenvalue weighted by Crippen LogP contribution is 2.22. The Balaban J connectivity index is 1.54. The molecule has 3 N–H and O–H groups in total. The lowest BCUT2D eigenvalue weighted by molar-refractivity contribution is -0.352. The molecule has 2 heterocycles. The summed E-state index contributed by atoms with van der Waals surface area (Å²) in [5.74, 6) is -0.877. The van der Waals surface area contributed by atoms with Gasteiger partial charge in [-0.25, -0.2) is 4.90 Å². The molecule has 1 fully saturated rings. The molecule has 0 saturated carbocycles. The van der Waals surface area contributed by atoms with Crippen molar-refractivity contribution in [2.24, 2.45) is 0 Å². The molecule has 1 aromatic carbocycles. The summed E-state index contributed by atoms with van der Waals surface area (Å²) in [6, 6.07) is 6.33. The fourth-order valence-electron chi connectivity index (χ4n) is 2.82. The molecule has 124 valence electrons. The van der Waals surface area contributed by atoms with E-state index in [9.17, 15) is 19.9 Å². The molecular formula is C14H18N4O5. The van der Waals surface area contributed by atoms with Gasteiger partial charge in [-0.2, -0.15) is 5.01 Å². The second-order valence-electron chi connectivity index (χ2n) is 5.38. The van der Waals surface area contributed by atoms with Crippen LogP contribution in [0.25, 0.3) is 0 Å². The SMILES string of the molecule is O=C1c2ccccc2C(=O)N1CONN(O)N1CCCC1CO. The molecule has 9 heteroatoms. The van der Waals surface area contributed by atoms with E-state index in [0.717, 1.165) is 17.7 Å². The highest BCUT2D eigenvalue weighted by Gasteiger charge is 2.35. The average Bonchev–Trinajstić information content (AvgIpc) is 3.14. The summed E-state index contributed by atoms with van der Waals surface area (Å²) < 4.78 is 0. The number of benzene rings is 1. The molecule has 1 unspecified atom stereocenters. The zero-order chi connectivity index (χ0) is 16.4. The van der Waals surface area contributed by atoms with E-state index in [-0.39, 0.29) is 19.4 Å². The van der Waals surface area contributed by atoms with Crippen molar-refractivity contribution < 1.29 is 24.7 Å². The number of hydrazine groups is 2. The molecule has 3 rings (SSSR count). The Morgan fingerprint density at radius 3 is 2.52 bits per heavy atom. The summed E-state index contributed by atoms with van der Waals surface area (Å²) in [6.45, 7) is 0.128. The fraction of sp³-hybridized carbons (Fsp3) is 0.429. The van der Waals surface area contributed by atoms with E-state index in [4.69, 9.17) is 4.84 Å². The van der Waals surface area contributed by atoms with Crippen molar-refractivity contribution in [3.63, 3.8) is 0 Å². The van der Waals surface area contributed by atoms with Crippen molar-refractivity contribution in [2.45, 2.75) is 18.9 Å². The highest BCUT2D eigenvalue weighted by molar-refractivity contribution is 6.21. The minimum absolute atomic E-state index is 0.0862. The first-order chi connectivity index (χ1) is 11.1. The minimum Gasteiger partial charge on any atom is -0.395 e. The maximum Gasteiger partial charge on any atom is 0.263 e. The second kappa shape index (κ2) is 6.71. The van der Waals surface area contributed by atoms with Gasteiger partial charge in [0.2, 0.25) is 0 Å². The standard InChI is InChI=1S/C14H18N4O5/c19-8-10-4-3-7-17(10)18(22)15-23-9-16-13(20)11-5-1-2-6-12(11)14(16)21/h1-2,5-6,10,15,19,22H,3-4,7-9H2. The highest BCUT2D eigenvalue weighted by atomic mass is 16.8. The third-order valence-electron chi connectivity index (χ3n) is 4.02. The summed E-state index contributed by atoms with van der Waals surface area (Å²) in [5, 5.41) is 21.2. The first-order valence-electron chi connectivity index (χ1n) is 7.32. The van der Waals surface area contributed by atoms with Crippen LogP contribution in [-0.2, 0) is 4.84 Å². The number of carbonyl (C=O) groups excluding carboxylic acids is 2. The van der Waals surface area contributed by atoms with Crippen LogP contribution in [0.15, 0.2) is 24.3 Å². The molecule has 1 aromatic rings. The normalized spacial score (nSPS) is 21.5. The van der Waals surface area contributed by atoms with Crippen LogP contribution in [0.2, 0.25) is 0 Å². The zero-order valence-electron chi connectivity index (χ0n) is 12.4. The number of hydrogen-bond donors (Lipinski definition) is 3. The summed E-state index contributed by atoms with van der Waals surface area (Å²) in [7, 11) is 0. The number of amides is 2. The molecule has 0 radical (unpaired) electrons. The molecule has 2 aliphatic heterocycles. The number of rotatable bonds is 6. The third-order valence-corrected chi connectivity index (χ3v) is 4.02. The smallest absolute Gasteiger partial charge is 0.263 e. The van der Waals surface area contributed by atoms with Crippen LogP contribution in [0, 0.1) is 0 Å². The average molecular weight is 322 g/mol. The van der Waals surface area contributed by atoms with Crippen LogP contribution in [0.4, 0.5) is 0 Å². The molecule has 2 aliphatic rings. The van der Waals surface area contributed by atoms with Gasteiger partial charge in [-0.3, -0.25) is 19.6 Å². The monoisotopic (exact) mass is 322 g/mol. The Morgan fingerprint density at radius 2 is 1.91 bits per heavy atom. The van der Waals surface area contributed by atoms with E-state index in [0.29, 0.717) is 23.0 Å². The molecule has 1 atom stereocenters. The fourth-order valence-corrected chi connectivity index (χ4v) is 2.82. The summed E-state index contributed by atoms with van der Waals surface area (Å²) in [6.07, 6.45) is 1.59. The van der Waals surface area contributed by atoms with E-state index >= 15 is 0 Å². The zero-order valence-corrected chi connectivity index (χ0v) is 12.4. The van der Waals surface area contributed by atoms with Crippen LogP contribution in [0.1, 0.15) is 33.6 Å². The van der Waals surface area contributed by atoms with Crippen molar-refractivity contribution >= 4 is 11.8 Å². The predicted molar refractivity (Wildman–Crippen MR) is 76.5 cm³/mol. The van der Waals surface area contributed by atoms with E-state index in [1.807, 2.05) is 0 Å². The van der Waals surface area contributed by atoms with Gasteiger partial charge in [0, 0.05) is 6.54 Å². The van der Waals surface area contributed by atoms with Crippen molar-refractivity contribution in [1.29, 1.82) is 0 Å². The molecule has 9 nitrogen and oxygen atoms in total. The van der Waals surface area contributed by atoms with Gasteiger partial charge >= 0.3 is 0 Å². The molecule has 0 spiro atoms. The van der Waals surface area contributed by atoms with Gasteiger partial charge in [0.1, 0.15) is 0 Å². The molecule has 0 aromatic heterocycles. The second-order valence-corrected chi connectivity index (χ2v) is 5.38. The van der Waals surface area contributed by atoms with Crippen molar-refractivity contribution in [2.75, 3.05) is 19.9 Å². The van der Waals surface area contributed by atoms with Gasteiger partial charge in [-0.1, -0.05) is 17.7 Å². The summed E-state index contributed by atoms with van der Waals surface area (Å²) in [4.78, 5) is 30.2. The number of fused-ring (bicyclic) bond motifs is 1. The molecule has 1 saturated heterocycles. The van der Waals surface area contributed by atoms with E-state index < -0.39 is 11.8 Å². The quantitative estimate of drug-likeness (QED) is 0.486. The van der Waals surface area contributed by atoms with Crippen molar-refractivity contribution in [1.82, 2.24) is 20.8 Å². The van der Waals surface area contributed by atoms with Crippen LogP contribution in [0.3, 0.4) is 0 Å². The third kappa shape index (κ3) is 2.98. The number of imide groups is 1. The lowest BCUT2D eigenvalue weighted by Crippen LogP contribution is -2.52. The molecule has 23 heavy (non-hydrogen) atoms. The van der Waals surface area contributed by atoms with E-state index in [1.165, 1.54) is 5.01 Å². The van der Waals surface area contributed by atoms with E-state index in [1.54, 1.807) is 24.3 Å². The molecule has 0 aliphatic carbocycles. The summed E-state index contributed by atoms with van der Waals surface area (Å²) >= 11 is 0. The van der Waals surface area contributed by atoms with Crippen LogP contribution in [0.5, 0.6) is 0 Å². The number of nitrogens with one attached hydrogen (secondary N) is 1. The Kier molecular flexibility index (Phi) is 4.66. The van der Waals surface area contributed by atoms with Crippen molar-refractivity contribution in [3.8, 4) is 0 Å².